The van der Waals surface area contributed by atoms with E-state index in [1.165, 1.54) is 6.92 Å². The minimum absolute atomic E-state index is 0.0295. The molecule has 9 heteroatoms. The van der Waals surface area contributed by atoms with Gasteiger partial charge >= 0.3 is 0 Å². The number of amides is 2. The molecule has 0 aliphatic heterocycles. The van der Waals surface area contributed by atoms with E-state index in [-0.39, 0.29) is 23.8 Å². The average Bonchev–Trinajstić information content (AvgIpc) is 3.11. The number of nitrogens with one attached hydrogen (secondary N) is 3. The molecule has 0 saturated carbocycles. The number of aromatic nitrogens is 1. The van der Waals surface area contributed by atoms with Crippen LogP contribution in [0, 0.1) is 18.6 Å². The van der Waals surface area contributed by atoms with Gasteiger partial charge in [0.15, 0.2) is 0 Å². The van der Waals surface area contributed by atoms with E-state index in [2.05, 4.69) is 15.6 Å². The number of ketones is 1. The Morgan fingerprint density at radius 1 is 1.03 bits per heavy atom. The number of anilines is 1. The number of aromatic amines is 1. The van der Waals surface area contributed by atoms with Gasteiger partial charge in [-0.2, -0.15) is 0 Å². The van der Waals surface area contributed by atoms with Crippen molar-refractivity contribution in [3.63, 3.8) is 0 Å². The van der Waals surface area contributed by atoms with Crippen LogP contribution in [0.15, 0.2) is 36.4 Å². The Morgan fingerprint density at radius 2 is 1.75 bits per heavy atom. The van der Waals surface area contributed by atoms with Gasteiger partial charge in [-0.25, -0.2) is 8.78 Å². The third kappa shape index (κ3) is 7.37. The topological polar surface area (TPSA) is 100 Å². The van der Waals surface area contributed by atoms with E-state index < -0.39 is 23.6 Å². The lowest BCUT2D eigenvalue weighted by Gasteiger charge is -2.19. The fourth-order valence-corrected chi connectivity index (χ4v) is 4.15. The number of hydrogen-bond donors (Lipinski definition) is 3. The summed E-state index contributed by atoms with van der Waals surface area (Å²) < 4.78 is 32.4. The molecule has 1 unspecified atom stereocenters. The number of methoxy groups -OCH3 is 1. The molecule has 3 rings (SSSR count). The highest BCUT2D eigenvalue weighted by Gasteiger charge is 2.22. The Kier molecular flexibility index (Phi) is 9.16. The molecule has 192 valence electrons. The molecule has 1 heterocycles. The fraction of sp³-hybridized carbons (Fsp3) is 0.370. The maximum absolute atomic E-state index is 13.6. The van der Waals surface area contributed by atoms with Crippen molar-refractivity contribution in [2.45, 2.75) is 58.4 Å². The minimum Gasteiger partial charge on any atom is -0.497 e. The van der Waals surface area contributed by atoms with Gasteiger partial charge in [0.05, 0.1) is 13.5 Å². The average molecular weight is 500 g/mol. The number of benzene rings is 2. The Morgan fingerprint density at radius 3 is 2.42 bits per heavy atom. The number of carbonyl (C=O) groups excluding carboxylic acids is 3. The highest BCUT2D eigenvalue weighted by Crippen LogP contribution is 2.27. The Balaban J connectivity index is 1.73. The quantitative estimate of drug-likeness (QED) is 0.306. The zero-order valence-corrected chi connectivity index (χ0v) is 20.7. The van der Waals surface area contributed by atoms with Gasteiger partial charge in [-0.1, -0.05) is 12.8 Å². The Hall–Kier alpha value is -3.75. The van der Waals surface area contributed by atoms with Gasteiger partial charge in [0, 0.05) is 34.8 Å². The van der Waals surface area contributed by atoms with Crippen molar-refractivity contribution >= 4 is 34.2 Å². The van der Waals surface area contributed by atoms with Crippen molar-refractivity contribution in [1.29, 1.82) is 0 Å². The van der Waals surface area contributed by atoms with E-state index >= 15 is 0 Å². The van der Waals surface area contributed by atoms with E-state index in [0.29, 0.717) is 43.9 Å². The van der Waals surface area contributed by atoms with Crippen LogP contribution in [0.25, 0.3) is 10.9 Å². The van der Waals surface area contributed by atoms with Gasteiger partial charge in [0.2, 0.25) is 11.8 Å². The summed E-state index contributed by atoms with van der Waals surface area (Å²) in [5.41, 5.74) is 2.44. The van der Waals surface area contributed by atoms with E-state index in [4.69, 9.17) is 4.74 Å². The van der Waals surface area contributed by atoms with Crippen LogP contribution in [-0.2, 0) is 20.8 Å². The number of unbranched alkanes of at least 4 members (excludes halogenated alkanes) is 2. The number of carbonyl (C=O) groups is 3. The number of fused-ring (bicyclic) bond motifs is 1. The summed E-state index contributed by atoms with van der Waals surface area (Å²) in [7, 11) is 1.57. The maximum Gasteiger partial charge on any atom is 0.246 e. The van der Waals surface area contributed by atoms with Crippen molar-refractivity contribution in [1.82, 2.24) is 10.3 Å². The molecular formula is C27H31F2N3O4. The van der Waals surface area contributed by atoms with Crippen LogP contribution in [0.1, 0.15) is 50.3 Å². The lowest BCUT2D eigenvalue weighted by molar-refractivity contribution is -0.126. The number of aryl methyl sites for hydroxylation is 1. The van der Waals surface area contributed by atoms with Crippen LogP contribution in [0.5, 0.6) is 5.75 Å². The summed E-state index contributed by atoms with van der Waals surface area (Å²) in [4.78, 5) is 40.4. The molecule has 2 amide bonds. The first-order chi connectivity index (χ1) is 17.2. The van der Waals surface area contributed by atoms with Crippen LogP contribution >= 0.6 is 0 Å². The van der Waals surface area contributed by atoms with Crippen LogP contribution < -0.4 is 15.4 Å². The number of H-pyrrole nitrogens is 1. The van der Waals surface area contributed by atoms with Crippen molar-refractivity contribution in [3.8, 4) is 5.75 Å². The van der Waals surface area contributed by atoms with E-state index in [1.54, 1.807) is 7.11 Å². The van der Waals surface area contributed by atoms with Crippen molar-refractivity contribution in [2.75, 3.05) is 12.4 Å². The molecule has 2 aromatic carbocycles. The number of rotatable bonds is 12. The third-order valence-corrected chi connectivity index (χ3v) is 5.97. The van der Waals surface area contributed by atoms with Gasteiger partial charge in [-0.05, 0) is 62.6 Å². The zero-order valence-electron chi connectivity index (χ0n) is 20.7. The smallest absolute Gasteiger partial charge is 0.246 e. The summed E-state index contributed by atoms with van der Waals surface area (Å²) in [6.07, 6.45) is 2.77. The number of halogens is 2. The van der Waals surface area contributed by atoms with Gasteiger partial charge < -0.3 is 25.1 Å². The van der Waals surface area contributed by atoms with Crippen LogP contribution in [0.3, 0.4) is 0 Å². The molecule has 0 radical (unpaired) electrons. The second-order valence-corrected chi connectivity index (χ2v) is 8.89. The summed E-state index contributed by atoms with van der Waals surface area (Å²) in [6, 6.07) is 7.36. The van der Waals surface area contributed by atoms with Crippen LogP contribution in [0.4, 0.5) is 14.5 Å². The van der Waals surface area contributed by atoms with Crippen molar-refractivity contribution < 1.29 is 27.9 Å². The first-order valence-corrected chi connectivity index (χ1v) is 11.9. The molecule has 1 aromatic heterocycles. The highest BCUT2D eigenvalue weighted by atomic mass is 19.1. The number of Topliss-reactive ketones (excluding diaryl/α,β-unsaturated/α-hetero) is 1. The standard InChI is InChI=1S/C27H31F2N3O4/c1-16(33)7-5-4-6-8-25(27(35)31-20-12-18(28)11-19(29)13-20)32-26(34)15-22-17(2)30-24-10-9-21(36-3)14-23(22)24/h9-14,25,30H,4-8,15H2,1-3H3,(H,31,35)(H,32,34). The molecule has 36 heavy (non-hydrogen) atoms. The first-order valence-electron chi connectivity index (χ1n) is 11.9. The molecule has 3 aromatic rings. The fourth-order valence-electron chi connectivity index (χ4n) is 4.15. The summed E-state index contributed by atoms with van der Waals surface area (Å²) in [6.45, 7) is 3.39. The maximum atomic E-state index is 13.6. The Labute approximate surface area is 208 Å². The molecule has 1 atom stereocenters. The second kappa shape index (κ2) is 12.3. The summed E-state index contributed by atoms with van der Waals surface area (Å²) in [5, 5.41) is 6.12. The predicted octanol–water partition coefficient (Wildman–Crippen LogP) is 4.97. The van der Waals surface area contributed by atoms with Crippen LogP contribution in [-0.4, -0.2) is 35.7 Å². The molecule has 0 spiro atoms. The lowest BCUT2D eigenvalue weighted by Crippen LogP contribution is -2.44. The van der Waals surface area contributed by atoms with Crippen LogP contribution in [0.2, 0.25) is 0 Å². The molecule has 3 N–H and O–H groups in total. The molecule has 0 bridgehead atoms. The predicted molar refractivity (Wildman–Crippen MR) is 134 cm³/mol. The third-order valence-electron chi connectivity index (χ3n) is 5.97. The van der Waals surface area contributed by atoms with Gasteiger partial charge in [-0.3, -0.25) is 9.59 Å². The summed E-state index contributed by atoms with van der Waals surface area (Å²) in [5.74, 6) is -1.82. The molecule has 0 aliphatic rings. The van der Waals surface area contributed by atoms with Crippen molar-refractivity contribution in [2.24, 2.45) is 0 Å². The lowest BCUT2D eigenvalue weighted by atomic mass is 10.0. The SMILES string of the molecule is COc1ccc2[nH]c(C)c(CC(=O)NC(CCCCCC(C)=O)C(=O)Nc3cc(F)cc(F)c3)c2c1. The highest BCUT2D eigenvalue weighted by molar-refractivity contribution is 5.98. The first kappa shape index (κ1) is 26.8. The minimum atomic E-state index is -0.916. The zero-order chi connectivity index (χ0) is 26.2. The monoisotopic (exact) mass is 499 g/mol. The molecule has 0 fully saturated rings. The van der Waals surface area contributed by atoms with E-state index in [0.717, 1.165) is 34.3 Å². The summed E-state index contributed by atoms with van der Waals surface area (Å²) >= 11 is 0. The van der Waals surface area contributed by atoms with E-state index in [9.17, 15) is 23.2 Å². The van der Waals surface area contributed by atoms with E-state index in [1.807, 2.05) is 25.1 Å². The number of ether oxygens (including phenoxy) is 1. The number of hydrogen-bond acceptors (Lipinski definition) is 4. The molecular weight excluding hydrogens is 468 g/mol. The molecule has 7 nitrogen and oxygen atoms in total. The molecule has 0 aliphatic carbocycles. The van der Waals surface area contributed by atoms with Crippen molar-refractivity contribution in [3.05, 3.63) is 59.3 Å². The molecule has 0 saturated heterocycles. The largest absolute Gasteiger partial charge is 0.497 e. The Bertz CT molecular complexity index is 1240. The second-order valence-electron chi connectivity index (χ2n) is 8.89. The normalized spacial score (nSPS) is 11.8. The van der Waals surface area contributed by atoms with Gasteiger partial charge in [-0.15, -0.1) is 0 Å². The van der Waals surface area contributed by atoms with Gasteiger partial charge in [0.25, 0.3) is 0 Å². The van der Waals surface area contributed by atoms with Gasteiger partial charge in [0.1, 0.15) is 29.2 Å².